The molecule has 0 saturated carbocycles. The zero-order valence-corrected chi connectivity index (χ0v) is 21.3. The molecule has 1 aromatic heterocycles. The van der Waals surface area contributed by atoms with E-state index in [0.717, 1.165) is 11.5 Å². The van der Waals surface area contributed by atoms with Crippen molar-refractivity contribution in [3.63, 3.8) is 0 Å². The second-order valence-corrected chi connectivity index (χ2v) is 10.1. The van der Waals surface area contributed by atoms with Gasteiger partial charge in [0.25, 0.3) is 0 Å². The van der Waals surface area contributed by atoms with Gasteiger partial charge in [0, 0.05) is 10.9 Å². The standard InChI is InChI=1S/C25H28Cl3NO4/c1-14(2)23-20(29-24(32-23)17-7-6-16(26)12-18(17)27)8-9-21(31)15-5-10-22(19(28)11-15)33-25(3,4)13-30/h5-7,10-12,14,21,30-31H,8-9,13H2,1-4H3. The van der Waals surface area contributed by atoms with Gasteiger partial charge in [-0.1, -0.05) is 54.7 Å². The summed E-state index contributed by atoms with van der Waals surface area (Å²) in [6.07, 6.45) is 0.192. The Morgan fingerprint density at radius 2 is 1.79 bits per heavy atom. The minimum atomic E-state index is -0.755. The molecule has 178 valence electrons. The Hall–Kier alpha value is -1.76. The van der Waals surface area contributed by atoms with Crippen LogP contribution in [0.25, 0.3) is 11.5 Å². The Labute approximate surface area is 209 Å². The highest BCUT2D eigenvalue weighted by Crippen LogP contribution is 2.35. The maximum Gasteiger partial charge on any atom is 0.228 e. The molecule has 0 aliphatic rings. The van der Waals surface area contributed by atoms with E-state index in [1.54, 1.807) is 50.2 Å². The van der Waals surface area contributed by atoms with E-state index in [1.165, 1.54) is 0 Å². The summed E-state index contributed by atoms with van der Waals surface area (Å²) in [5.74, 6) is 1.76. The largest absolute Gasteiger partial charge is 0.484 e. The van der Waals surface area contributed by atoms with Gasteiger partial charge >= 0.3 is 0 Å². The van der Waals surface area contributed by atoms with Gasteiger partial charge in [-0.05, 0) is 62.6 Å². The number of halogens is 3. The monoisotopic (exact) mass is 511 g/mol. The van der Waals surface area contributed by atoms with Crippen molar-refractivity contribution in [3.8, 4) is 17.2 Å². The number of hydrogen-bond acceptors (Lipinski definition) is 5. The zero-order valence-electron chi connectivity index (χ0n) is 19.0. The number of rotatable bonds is 9. The molecule has 0 aliphatic carbocycles. The van der Waals surface area contributed by atoms with Gasteiger partial charge < -0.3 is 19.4 Å². The van der Waals surface area contributed by atoms with Crippen LogP contribution in [0.15, 0.2) is 40.8 Å². The summed E-state index contributed by atoms with van der Waals surface area (Å²) in [4.78, 5) is 4.66. The van der Waals surface area contributed by atoms with E-state index < -0.39 is 11.7 Å². The van der Waals surface area contributed by atoms with Gasteiger partial charge in [0.05, 0.1) is 34.0 Å². The third-order valence-electron chi connectivity index (χ3n) is 5.18. The van der Waals surface area contributed by atoms with Crippen molar-refractivity contribution in [1.82, 2.24) is 4.98 Å². The average molecular weight is 513 g/mol. The molecule has 1 atom stereocenters. The molecule has 3 aromatic rings. The van der Waals surface area contributed by atoms with Crippen molar-refractivity contribution in [2.24, 2.45) is 0 Å². The SMILES string of the molecule is CC(C)c1oc(-c2ccc(Cl)cc2Cl)nc1CCC(O)c1ccc(OC(C)(C)CO)c(Cl)c1. The number of hydrogen-bond donors (Lipinski definition) is 2. The molecular formula is C25H28Cl3NO4. The lowest BCUT2D eigenvalue weighted by Crippen LogP contribution is -2.32. The Bertz CT molecular complexity index is 1110. The van der Waals surface area contributed by atoms with Crippen LogP contribution < -0.4 is 4.74 Å². The first kappa shape index (κ1) is 25.9. The Morgan fingerprint density at radius 3 is 2.39 bits per heavy atom. The third-order valence-corrected chi connectivity index (χ3v) is 6.02. The number of aliphatic hydroxyl groups is 2. The fourth-order valence-corrected chi connectivity index (χ4v) is 4.07. The van der Waals surface area contributed by atoms with Crippen molar-refractivity contribution in [3.05, 3.63) is 68.5 Å². The number of aryl methyl sites for hydroxylation is 1. The summed E-state index contributed by atoms with van der Waals surface area (Å²) in [6.45, 7) is 7.44. The first-order valence-corrected chi connectivity index (χ1v) is 11.9. The number of aliphatic hydroxyl groups excluding tert-OH is 2. The molecule has 1 unspecified atom stereocenters. The summed E-state index contributed by atoms with van der Waals surface area (Å²) in [5.41, 5.74) is 1.36. The molecule has 0 saturated heterocycles. The van der Waals surface area contributed by atoms with Crippen LogP contribution in [0.4, 0.5) is 0 Å². The van der Waals surface area contributed by atoms with Gasteiger partial charge in [0.1, 0.15) is 17.1 Å². The molecule has 5 nitrogen and oxygen atoms in total. The van der Waals surface area contributed by atoms with Crippen LogP contribution in [-0.4, -0.2) is 27.4 Å². The van der Waals surface area contributed by atoms with Crippen molar-refractivity contribution >= 4 is 34.8 Å². The van der Waals surface area contributed by atoms with Crippen LogP contribution >= 0.6 is 34.8 Å². The molecule has 0 amide bonds. The minimum Gasteiger partial charge on any atom is -0.484 e. The lowest BCUT2D eigenvalue weighted by Gasteiger charge is -2.25. The smallest absolute Gasteiger partial charge is 0.228 e. The molecular weight excluding hydrogens is 485 g/mol. The van der Waals surface area contributed by atoms with E-state index in [4.69, 9.17) is 44.0 Å². The zero-order chi connectivity index (χ0) is 24.3. The molecule has 2 N–H and O–H groups in total. The van der Waals surface area contributed by atoms with Crippen molar-refractivity contribution in [2.45, 2.75) is 58.2 Å². The summed E-state index contributed by atoms with van der Waals surface area (Å²) >= 11 is 18.7. The molecule has 0 radical (unpaired) electrons. The molecule has 0 spiro atoms. The highest BCUT2D eigenvalue weighted by molar-refractivity contribution is 6.36. The van der Waals surface area contributed by atoms with E-state index in [2.05, 4.69) is 4.98 Å². The van der Waals surface area contributed by atoms with E-state index in [9.17, 15) is 10.2 Å². The predicted molar refractivity (Wildman–Crippen MR) is 133 cm³/mol. The van der Waals surface area contributed by atoms with Gasteiger partial charge in [0.15, 0.2) is 0 Å². The number of nitrogens with zero attached hydrogens (tertiary/aromatic N) is 1. The molecule has 1 heterocycles. The van der Waals surface area contributed by atoms with Crippen LogP contribution in [-0.2, 0) is 6.42 Å². The highest BCUT2D eigenvalue weighted by Gasteiger charge is 2.22. The summed E-state index contributed by atoms with van der Waals surface area (Å²) < 4.78 is 11.8. The number of ether oxygens (including phenoxy) is 1. The fourth-order valence-electron chi connectivity index (χ4n) is 3.35. The molecule has 8 heteroatoms. The Kier molecular flexibility index (Phi) is 8.35. The molecule has 3 rings (SSSR count). The van der Waals surface area contributed by atoms with Crippen LogP contribution in [0.5, 0.6) is 5.75 Å². The van der Waals surface area contributed by atoms with Crippen molar-refractivity contribution in [1.29, 1.82) is 0 Å². The normalized spacial score (nSPS) is 12.9. The van der Waals surface area contributed by atoms with E-state index in [0.29, 0.717) is 50.7 Å². The summed E-state index contributed by atoms with van der Waals surface area (Å²) in [6, 6.07) is 10.3. The van der Waals surface area contributed by atoms with Crippen LogP contribution in [0.1, 0.15) is 63.2 Å². The first-order valence-electron chi connectivity index (χ1n) is 10.7. The molecule has 33 heavy (non-hydrogen) atoms. The predicted octanol–water partition coefficient (Wildman–Crippen LogP) is 7.24. The number of aromatic nitrogens is 1. The van der Waals surface area contributed by atoms with Crippen molar-refractivity contribution < 1.29 is 19.4 Å². The Balaban J connectivity index is 1.76. The van der Waals surface area contributed by atoms with E-state index >= 15 is 0 Å². The van der Waals surface area contributed by atoms with Crippen LogP contribution in [0.3, 0.4) is 0 Å². The quantitative estimate of drug-likeness (QED) is 0.316. The van der Waals surface area contributed by atoms with Crippen LogP contribution in [0, 0.1) is 0 Å². The Morgan fingerprint density at radius 1 is 1.06 bits per heavy atom. The summed E-state index contributed by atoms with van der Waals surface area (Å²) in [7, 11) is 0. The summed E-state index contributed by atoms with van der Waals surface area (Å²) in [5, 5.41) is 21.5. The third kappa shape index (κ3) is 6.43. The molecule has 0 aliphatic heterocycles. The maximum atomic E-state index is 10.8. The van der Waals surface area contributed by atoms with Crippen LogP contribution in [0.2, 0.25) is 15.1 Å². The molecule has 2 aromatic carbocycles. The average Bonchev–Trinajstić information content (AvgIpc) is 3.17. The fraction of sp³-hybridized carbons (Fsp3) is 0.400. The van der Waals surface area contributed by atoms with E-state index in [1.807, 2.05) is 13.8 Å². The lowest BCUT2D eigenvalue weighted by atomic mass is 10.0. The second kappa shape index (κ2) is 10.7. The number of oxazole rings is 1. The van der Waals surface area contributed by atoms with Gasteiger partial charge in [-0.25, -0.2) is 4.98 Å². The van der Waals surface area contributed by atoms with E-state index in [-0.39, 0.29) is 12.5 Å². The first-order chi connectivity index (χ1) is 15.5. The highest BCUT2D eigenvalue weighted by atomic mass is 35.5. The number of benzene rings is 2. The maximum absolute atomic E-state index is 10.8. The van der Waals surface area contributed by atoms with Gasteiger partial charge in [-0.2, -0.15) is 0 Å². The topological polar surface area (TPSA) is 75.7 Å². The van der Waals surface area contributed by atoms with Crippen molar-refractivity contribution in [2.75, 3.05) is 6.61 Å². The van der Waals surface area contributed by atoms with Gasteiger partial charge in [-0.15, -0.1) is 0 Å². The molecule has 0 fully saturated rings. The minimum absolute atomic E-state index is 0.116. The van der Waals surface area contributed by atoms with Gasteiger partial charge in [-0.3, -0.25) is 0 Å². The van der Waals surface area contributed by atoms with Gasteiger partial charge in [0.2, 0.25) is 5.89 Å². The molecule has 0 bridgehead atoms. The lowest BCUT2D eigenvalue weighted by molar-refractivity contribution is 0.0413. The second-order valence-electron chi connectivity index (χ2n) is 8.87.